The predicted octanol–water partition coefficient (Wildman–Crippen LogP) is 2.81. The van der Waals surface area contributed by atoms with Gasteiger partial charge in [-0.2, -0.15) is 0 Å². The maximum atomic E-state index is 14.2. The molecule has 0 spiro atoms. The van der Waals surface area contributed by atoms with Crippen LogP contribution in [0.3, 0.4) is 0 Å². The summed E-state index contributed by atoms with van der Waals surface area (Å²) in [5.74, 6) is -1.33. The monoisotopic (exact) mass is 383 g/mol. The molecular weight excluding hydrogens is 365 g/mol. The smallest absolute Gasteiger partial charge is 0.355 e. The SMILES string of the molecule is COC(=O)C1=C(C(=O)OC)N(c2cc(F)ccc2-n2ccnc2C)C=CC=C1. The summed E-state index contributed by atoms with van der Waals surface area (Å²) < 4.78 is 25.6. The second kappa shape index (κ2) is 7.91. The number of aryl methyl sites for hydroxylation is 1. The van der Waals surface area contributed by atoms with Crippen LogP contribution in [0.15, 0.2) is 66.3 Å². The fourth-order valence-electron chi connectivity index (χ4n) is 2.88. The molecule has 0 saturated carbocycles. The van der Waals surface area contributed by atoms with Gasteiger partial charge in [-0.3, -0.25) is 0 Å². The standard InChI is InChI=1S/C20H18FN3O4/c1-13-22-9-11-23(13)16-8-7-14(21)12-17(16)24-10-5-4-6-15(19(25)27-2)18(24)20(26)28-3/h4-12H,1-3H3. The molecular formula is C20H18FN3O4. The van der Waals surface area contributed by atoms with Gasteiger partial charge in [-0.25, -0.2) is 19.0 Å². The van der Waals surface area contributed by atoms with Crippen LogP contribution < -0.4 is 4.90 Å². The summed E-state index contributed by atoms with van der Waals surface area (Å²) in [6.07, 6.45) is 9.51. The molecule has 0 N–H and O–H groups in total. The minimum atomic E-state index is -0.769. The molecule has 0 radical (unpaired) electrons. The van der Waals surface area contributed by atoms with Gasteiger partial charge in [0.15, 0.2) is 0 Å². The van der Waals surface area contributed by atoms with Gasteiger partial charge in [0.05, 0.1) is 31.2 Å². The highest BCUT2D eigenvalue weighted by Crippen LogP contribution is 2.32. The zero-order valence-corrected chi connectivity index (χ0v) is 15.5. The van der Waals surface area contributed by atoms with Crippen molar-refractivity contribution < 1.29 is 23.5 Å². The lowest BCUT2D eigenvalue weighted by Gasteiger charge is -2.26. The molecule has 0 amide bonds. The number of halogens is 1. The molecule has 144 valence electrons. The third-order valence-corrected chi connectivity index (χ3v) is 4.17. The zero-order valence-electron chi connectivity index (χ0n) is 15.5. The molecule has 1 aromatic carbocycles. The number of allylic oxidation sites excluding steroid dienone is 2. The number of imidazole rings is 1. The lowest BCUT2D eigenvalue weighted by molar-refractivity contribution is -0.139. The number of hydrogen-bond donors (Lipinski definition) is 0. The molecule has 2 aromatic rings. The Morgan fingerprint density at radius 2 is 1.82 bits per heavy atom. The fraction of sp³-hybridized carbons (Fsp3) is 0.150. The van der Waals surface area contributed by atoms with Crippen LogP contribution in [0.4, 0.5) is 10.1 Å². The Morgan fingerprint density at radius 3 is 2.46 bits per heavy atom. The van der Waals surface area contributed by atoms with Crippen molar-refractivity contribution in [3.05, 3.63) is 77.9 Å². The van der Waals surface area contributed by atoms with E-state index in [0.717, 1.165) is 0 Å². The molecule has 0 saturated heterocycles. The predicted molar refractivity (Wildman–Crippen MR) is 100 cm³/mol. The molecule has 0 unspecified atom stereocenters. The number of benzene rings is 1. The first kappa shape index (κ1) is 19.1. The Balaban J connectivity index is 2.29. The number of hydrogen-bond acceptors (Lipinski definition) is 6. The topological polar surface area (TPSA) is 73.7 Å². The maximum absolute atomic E-state index is 14.2. The van der Waals surface area contributed by atoms with Crippen LogP contribution in [0.5, 0.6) is 0 Å². The molecule has 2 heterocycles. The first-order valence-corrected chi connectivity index (χ1v) is 8.32. The number of rotatable bonds is 4. The second-order valence-electron chi connectivity index (χ2n) is 5.79. The van der Waals surface area contributed by atoms with Gasteiger partial charge in [0.25, 0.3) is 0 Å². The highest BCUT2D eigenvalue weighted by Gasteiger charge is 2.29. The van der Waals surface area contributed by atoms with Crippen LogP contribution in [-0.2, 0) is 19.1 Å². The molecule has 0 aliphatic carbocycles. The lowest BCUT2D eigenvalue weighted by atomic mass is 10.1. The first-order valence-electron chi connectivity index (χ1n) is 8.32. The maximum Gasteiger partial charge on any atom is 0.355 e. The lowest BCUT2D eigenvalue weighted by Crippen LogP contribution is -2.28. The van der Waals surface area contributed by atoms with E-state index in [9.17, 15) is 14.0 Å². The molecule has 1 aliphatic heterocycles. The van der Waals surface area contributed by atoms with E-state index in [0.29, 0.717) is 17.2 Å². The summed E-state index contributed by atoms with van der Waals surface area (Å²) in [7, 11) is 2.41. The number of ether oxygens (including phenoxy) is 2. The first-order chi connectivity index (χ1) is 13.5. The van der Waals surface area contributed by atoms with Crippen molar-refractivity contribution in [1.29, 1.82) is 0 Å². The van der Waals surface area contributed by atoms with E-state index in [4.69, 9.17) is 9.47 Å². The molecule has 3 rings (SSSR count). The highest BCUT2D eigenvalue weighted by atomic mass is 19.1. The Morgan fingerprint density at radius 1 is 1.07 bits per heavy atom. The second-order valence-corrected chi connectivity index (χ2v) is 5.79. The molecule has 0 bridgehead atoms. The van der Waals surface area contributed by atoms with Crippen LogP contribution in [-0.4, -0.2) is 35.7 Å². The number of carbonyl (C=O) groups excluding carboxylic acids is 2. The molecule has 0 atom stereocenters. The van der Waals surface area contributed by atoms with Crippen LogP contribution in [0.2, 0.25) is 0 Å². The molecule has 7 nitrogen and oxygen atoms in total. The number of carbonyl (C=O) groups is 2. The van der Waals surface area contributed by atoms with Gasteiger partial charge in [0, 0.05) is 24.7 Å². The van der Waals surface area contributed by atoms with Gasteiger partial charge in [0.1, 0.15) is 17.3 Å². The van der Waals surface area contributed by atoms with Crippen molar-refractivity contribution in [2.45, 2.75) is 6.92 Å². The minimum absolute atomic E-state index is 0.0167. The number of aromatic nitrogens is 2. The van der Waals surface area contributed by atoms with Gasteiger partial charge in [0.2, 0.25) is 0 Å². The van der Waals surface area contributed by atoms with Crippen molar-refractivity contribution in [3.63, 3.8) is 0 Å². The summed E-state index contributed by atoms with van der Waals surface area (Å²) in [5, 5.41) is 0. The van der Waals surface area contributed by atoms with Gasteiger partial charge in [-0.15, -0.1) is 0 Å². The van der Waals surface area contributed by atoms with E-state index in [1.165, 1.54) is 37.3 Å². The van der Waals surface area contributed by atoms with Gasteiger partial charge in [-0.1, -0.05) is 6.08 Å². The van der Waals surface area contributed by atoms with Gasteiger partial charge >= 0.3 is 11.9 Å². The Kier molecular flexibility index (Phi) is 5.39. The quantitative estimate of drug-likeness (QED) is 0.756. The zero-order chi connectivity index (χ0) is 20.3. The van der Waals surface area contributed by atoms with Crippen LogP contribution in [0.25, 0.3) is 5.69 Å². The molecule has 1 aliphatic rings. The average molecular weight is 383 g/mol. The Bertz CT molecular complexity index is 1020. The van der Waals surface area contributed by atoms with E-state index in [-0.39, 0.29) is 11.3 Å². The van der Waals surface area contributed by atoms with E-state index in [1.54, 1.807) is 48.3 Å². The Hall–Kier alpha value is -3.68. The summed E-state index contributed by atoms with van der Waals surface area (Å²) >= 11 is 0. The molecule has 8 heteroatoms. The van der Waals surface area contributed by atoms with Crippen LogP contribution in [0.1, 0.15) is 5.82 Å². The minimum Gasteiger partial charge on any atom is -0.465 e. The van der Waals surface area contributed by atoms with Gasteiger partial charge < -0.3 is 18.9 Å². The average Bonchev–Trinajstić information content (AvgIpc) is 3.00. The van der Waals surface area contributed by atoms with Crippen molar-refractivity contribution in [2.24, 2.45) is 0 Å². The van der Waals surface area contributed by atoms with Crippen molar-refractivity contribution in [1.82, 2.24) is 9.55 Å². The molecule has 28 heavy (non-hydrogen) atoms. The number of anilines is 1. The summed E-state index contributed by atoms with van der Waals surface area (Å²) in [4.78, 5) is 30.4. The molecule has 1 aromatic heterocycles. The summed E-state index contributed by atoms with van der Waals surface area (Å²) in [6.45, 7) is 1.80. The number of esters is 2. The van der Waals surface area contributed by atoms with E-state index in [1.807, 2.05) is 0 Å². The van der Waals surface area contributed by atoms with Crippen molar-refractivity contribution in [3.8, 4) is 5.69 Å². The largest absolute Gasteiger partial charge is 0.465 e. The van der Waals surface area contributed by atoms with Crippen LogP contribution in [0, 0.1) is 12.7 Å². The summed E-state index contributed by atoms with van der Waals surface area (Å²) in [5.41, 5.74) is 0.775. The van der Waals surface area contributed by atoms with Crippen molar-refractivity contribution in [2.75, 3.05) is 19.1 Å². The summed E-state index contributed by atoms with van der Waals surface area (Å²) in [6, 6.07) is 4.14. The third kappa shape index (κ3) is 3.44. The van der Waals surface area contributed by atoms with E-state index < -0.39 is 17.8 Å². The fourth-order valence-corrected chi connectivity index (χ4v) is 2.88. The van der Waals surface area contributed by atoms with Gasteiger partial charge in [-0.05, 0) is 31.2 Å². The highest BCUT2D eigenvalue weighted by molar-refractivity contribution is 6.05. The van der Waals surface area contributed by atoms with E-state index in [2.05, 4.69) is 4.98 Å². The Labute approximate surface area is 161 Å². The van der Waals surface area contributed by atoms with Crippen molar-refractivity contribution >= 4 is 17.6 Å². The number of methoxy groups -OCH3 is 2. The third-order valence-electron chi connectivity index (χ3n) is 4.17. The number of nitrogens with zero attached hydrogens (tertiary/aromatic N) is 3. The molecule has 0 fully saturated rings. The normalized spacial score (nSPS) is 13.5. The van der Waals surface area contributed by atoms with E-state index >= 15 is 0 Å². The van der Waals surface area contributed by atoms with Crippen LogP contribution >= 0.6 is 0 Å².